The van der Waals surface area contributed by atoms with E-state index in [1.807, 2.05) is 45.2 Å². The molecule has 1 rings (SSSR count). The topological polar surface area (TPSA) is 41.1 Å². The molecule has 0 aliphatic heterocycles. The molecule has 0 radical (unpaired) electrons. The van der Waals surface area contributed by atoms with E-state index >= 15 is 0 Å². The predicted molar refractivity (Wildman–Crippen MR) is 81.4 cm³/mol. The molecular formula is C13H20BrClN2O. The Morgan fingerprint density at radius 1 is 1.22 bits per heavy atom. The van der Waals surface area contributed by atoms with Crippen molar-refractivity contribution in [2.45, 2.75) is 19.3 Å². The van der Waals surface area contributed by atoms with Crippen LogP contribution in [-0.4, -0.2) is 26.0 Å². The lowest BCUT2D eigenvalue weighted by molar-refractivity contribution is -0.125. The summed E-state index contributed by atoms with van der Waals surface area (Å²) in [5.41, 5.74) is 0.511. The summed E-state index contributed by atoms with van der Waals surface area (Å²) in [7, 11) is 1.87. The molecule has 1 aromatic carbocycles. The lowest BCUT2D eigenvalue weighted by atomic mass is 9.84. The van der Waals surface area contributed by atoms with Gasteiger partial charge in [-0.05, 0) is 38.6 Å². The van der Waals surface area contributed by atoms with Gasteiger partial charge in [0, 0.05) is 17.6 Å². The zero-order valence-corrected chi connectivity index (χ0v) is 13.3. The average Bonchev–Trinajstić information content (AvgIpc) is 2.29. The van der Waals surface area contributed by atoms with Gasteiger partial charge in [-0.1, -0.05) is 28.1 Å². The summed E-state index contributed by atoms with van der Waals surface area (Å²) < 4.78 is 1.02. The lowest BCUT2D eigenvalue weighted by Gasteiger charge is -2.24. The molecular weight excluding hydrogens is 316 g/mol. The molecule has 5 heteroatoms. The van der Waals surface area contributed by atoms with Crippen LogP contribution < -0.4 is 10.6 Å². The lowest BCUT2D eigenvalue weighted by Crippen LogP contribution is -2.42. The van der Waals surface area contributed by atoms with Crippen LogP contribution in [-0.2, 0) is 10.2 Å². The van der Waals surface area contributed by atoms with Gasteiger partial charge in [0.2, 0.25) is 5.91 Å². The Hall–Kier alpha value is -0.580. The van der Waals surface area contributed by atoms with Crippen LogP contribution in [0.2, 0.25) is 0 Å². The smallest absolute Gasteiger partial charge is 0.230 e. The highest BCUT2D eigenvalue weighted by atomic mass is 79.9. The van der Waals surface area contributed by atoms with E-state index in [4.69, 9.17) is 0 Å². The minimum atomic E-state index is -0.506. The van der Waals surface area contributed by atoms with Gasteiger partial charge in [-0.25, -0.2) is 0 Å². The molecule has 0 aliphatic carbocycles. The molecule has 0 saturated heterocycles. The number of likely N-dealkylation sites (N-methyl/N-ethyl adjacent to an activating group) is 1. The maximum Gasteiger partial charge on any atom is 0.230 e. The van der Waals surface area contributed by atoms with Gasteiger partial charge in [0.1, 0.15) is 0 Å². The van der Waals surface area contributed by atoms with Gasteiger partial charge in [0.05, 0.1) is 5.41 Å². The standard InChI is InChI=1S/C13H19BrN2O.ClH/c1-13(2,12(17)16-9-8-15-3)10-4-6-11(14)7-5-10;/h4-7,15H,8-9H2,1-3H3,(H,16,17);1H. The molecule has 0 heterocycles. The van der Waals surface area contributed by atoms with Crippen molar-refractivity contribution >= 4 is 34.2 Å². The Balaban J connectivity index is 0.00000289. The van der Waals surface area contributed by atoms with Gasteiger partial charge in [-0.15, -0.1) is 12.4 Å². The van der Waals surface area contributed by atoms with Crippen LogP contribution in [0, 0.1) is 0 Å². The Kier molecular flexibility index (Phi) is 7.52. The minimum Gasteiger partial charge on any atom is -0.354 e. The maximum absolute atomic E-state index is 12.1. The van der Waals surface area contributed by atoms with Crippen LogP contribution >= 0.6 is 28.3 Å². The summed E-state index contributed by atoms with van der Waals surface area (Å²) >= 11 is 3.39. The average molecular weight is 336 g/mol. The molecule has 0 fully saturated rings. The van der Waals surface area contributed by atoms with Gasteiger partial charge < -0.3 is 10.6 Å². The predicted octanol–water partition coefficient (Wildman–Crippen LogP) is 2.48. The Morgan fingerprint density at radius 3 is 2.28 bits per heavy atom. The number of hydrogen-bond acceptors (Lipinski definition) is 2. The summed E-state index contributed by atoms with van der Waals surface area (Å²) in [6.07, 6.45) is 0. The third kappa shape index (κ3) is 4.59. The van der Waals surface area contributed by atoms with Crippen molar-refractivity contribution in [2.24, 2.45) is 0 Å². The Morgan fingerprint density at radius 2 is 1.78 bits per heavy atom. The summed E-state index contributed by atoms with van der Waals surface area (Å²) in [5.74, 6) is 0.0510. The van der Waals surface area contributed by atoms with E-state index in [0.29, 0.717) is 6.54 Å². The number of rotatable bonds is 5. The van der Waals surface area contributed by atoms with E-state index < -0.39 is 5.41 Å². The number of amides is 1. The fraction of sp³-hybridized carbons (Fsp3) is 0.462. The van der Waals surface area contributed by atoms with E-state index in [9.17, 15) is 4.79 Å². The van der Waals surface area contributed by atoms with Crippen molar-refractivity contribution in [3.8, 4) is 0 Å². The van der Waals surface area contributed by atoms with Crippen LogP contribution in [0.3, 0.4) is 0 Å². The van der Waals surface area contributed by atoms with Gasteiger partial charge in [-0.3, -0.25) is 4.79 Å². The summed E-state index contributed by atoms with van der Waals surface area (Å²) in [4.78, 5) is 12.1. The molecule has 1 aromatic rings. The monoisotopic (exact) mass is 334 g/mol. The van der Waals surface area contributed by atoms with Crippen LogP contribution in [0.4, 0.5) is 0 Å². The van der Waals surface area contributed by atoms with Crippen LogP contribution in [0.5, 0.6) is 0 Å². The number of carbonyl (C=O) groups is 1. The second kappa shape index (κ2) is 7.77. The molecule has 2 N–H and O–H groups in total. The quantitative estimate of drug-likeness (QED) is 0.812. The fourth-order valence-corrected chi connectivity index (χ4v) is 1.78. The molecule has 102 valence electrons. The summed E-state index contributed by atoms with van der Waals surface area (Å²) in [5, 5.41) is 5.92. The highest BCUT2D eigenvalue weighted by Gasteiger charge is 2.29. The van der Waals surface area contributed by atoms with Crippen molar-refractivity contribution in [2.75, 3.05) is 20.1 Å². The first-order chi connectivity index (χ1) is 7.98. The number of hydrogen-bond donors (Lipinski definition) is 2. The van der Waals surface area contributed by atoms with E-state index in [1.165, 1.54) is 0 Å². The van der Waals surface area contributed by atoms with Crippen molar-refractivity contribution in [3.63, 3.8) is 0 Å². The van der Waals surface area contributed by atoms with E-state index in [2.05, 4.69) is 26.6 Å². The van der Waals surface area contributed by atoms with Crippen LogP contribution in [0.1, 0.15) is 19.4 Å². The molecule has 0 spiro atoms. The normalized spacial score (nSPS) is 10.7. The van der Waals surface area contributed by atoms with Gasteiger partial charge in [0.15, 0.2) is 0 Å². The fourth-order valence-electron chi connectivity index (χ4n) is 1.52. The molecule has 0 aromatic heterocycles. The first-order valence-corrected chi connectivity index (χ1v) is 6.46. The second-order valence-electron chi connectivity index (χ2n) is 4.49. The highest BCUT2D eigenvalue weighted by molar-refractivity contribution is 9.10. The zero-order chi connectivity index (χ0) is 12.9. The maximum atomic E-state index is 12.1. The number of nitrogens with one attached hydrogen (secondary N) is 2. The SMILES string of the molecule is CNCCNC(=O)C(C)(C)c1ccc(Br)cc1.Cl. The van der Waals surface area contributed by atoms with Gasteiger partial charge in [0.25, 0.3) is 0 Å². The van der Waals surface area contributed by atoms with Crippen molar-refractivity contribution < 1.29 is 4.79 Å². The van der Waals surface area contributed by atoms with Crippen molar-refractivity contribution in [1.82, 2.24) is 10.6 Å². The zero-order valence-electron chi connectivity index (χ0n) is 10.9. The second-order valence-corrected chi connectivity index (χ2v) is 5.41. The molecule has 18 heavy (non-hydrogen) atoms. The highest BCUT2D eigenvalue weighted by Crippen LogP contribution is 2.24. The minimum absolute atomic E-state index is 0. The van der Waals surface area contributed by atoms with Crippen molar-refractivity contribution in [1.29, 1.82) is 0 Å². The molecule has 1 amide bonds. The number of halogens is 2. The first kappa shape index (κ1) is 17.4. The first-order valence-electron chi connectivity index (χ1n) is 5.67. The van der Waals surface area contributed by atoms with Gasteiger partial charge in [-0.2, -0.15) is 0 Å². The van der Waals surface area contributed by atoms with Crippen LogP contribution in [0.15, 0.2) is 28.7 Å². The van der Waals surface area contributed by atoms with Crippen molar-refractivity contribution in [3.05, 3.63) is 34.3 Å². The molecule has 0 aliphatic rings. The van der Waals surface area contributed by atoms with Gasteiger partial charge >= 0.3 is 0 Å². The molecule has 0 unspecified atom stereocenters. The molecule has 0 saturated carbocycles. The van der Waals surface area contributed by atoms with E-state index in [1.54, 1.807) is 0 Å². The largest absolute Gasteiger partial charge is 0.354 e. The Labute approximate surface area is 123 Å². The van der Waals surface area contributed by atoms with Crippen LogP contribution in [0.25, 0.3) is 0 Å². The molecule has 0 atom stereocenters. The number of carbonyl (C=O) groups excluding carboxylic acids is 1. The van der Waals surface area contributed by atoms with E-state index in [0.717, 1.165) is 16.6 Å². The summed E-state index contributed by atoms with van der Waals surface area (Å²) in [6.45, 7) is 5.30. The molecule has 3 nitrogen and oxygen atoms in total. The van der Waals surface area contributed by atoms with E-state index in [-0.39, 0.29) is 18.3 Å². The summed E-state index contributed by atoms with van der Waals surface area (Å²) in [6, 6.07) is 7.86. The number of benzene rings is 1. The molecule has 0 bridgehead atoms. The third-order valence-electron chi connectivity index (χ3n) is 2.79. The Bertz CT molecular complexity index is 379. The third-order valence-corrected chi connectivity index (χ3v) is 3.32.